The number of nitrogens with zero attached hydrogens (tertiary/aromatic N) is 4. The lowest BCUT2D eigenvalue weighted by molar-refractivity contribution is 0.0873. The maximum absolute atomic E-state index is 14.0. The summed E-state index contributed by atoms with van der Waals surface area (Å²) in [6.45, 7) is 6.17. The number of aryl methyl sites for hydroxylation is 1. The Kier molecular flexibility index (Phi) is 5.94. The number of carbonyl (C=O) groups excluding carboxylic acids is 1. The highest BCUT2D eigenvalue weighted by Gasteiger charge is 2.37. The van der Waals surface area contributed by atoms with E-state index in [9.17, 15) is 14.3 Å². The van der Waals surface area contributed by atoms with Crippen molar-refractivity contribution in [3.8, 4) is 17.0 Å². The van der Waals surface area contributed by atoms with Gasteiger partial charge in [-0.3, -0.25) is 19.8 Å². The zero-order chi connectivity index (χ0) is 24.6. The number of aromatic nitrogens is 4. The van der Waals surface area contributed by atoms with Crippen molar-refractivity contribution >= 4 is 16.9 Å². The van der Waals surface area contributed by atoms with Crippen LogP contribution in [0.15, 0.2) is 48.7 Å². The number of likely N-dealkylation sites (tertiary alicyclic amines) is 1. The molecule has 0 spiro atoms. The minimum absolute atomic E-state index is 0.274. The summed E-state index contributed by atoms with van der Waals surface area (Å²) in [4.78, 5) is 25.1. The summed E-state index contributed by atoms with van der Waals surface area (Å²) in [6.07, 6.45) is 4.00. The van der Waals surface area contributed by atoms with Gasteiger partial charge in [-0.2, -0.15) is 5.10 Å². The van der Waals surface area contributed by atoms with Gasteiger partial charge in [0, 0.05) is 18.3 Å². The lowest BCUT2D eigenvalue weighted by atomic mass is 9.94. The fourth-order valence-electron chi connectivity index (χ4n) is 4.78. The topological polar surface area (TPSA) is 107 Å². The Morgan fingerprint density at radius 3 is 2.74 bits per heavy atom. The van der Waals surface area contributed by atoms with Crippen LogP contribution < -0.4 is 5.32 Å². The number of phenols is 1. The number of carbonyl (C=O) groups is 1. The first-order valence-electron chi connectivity index (χ1n) is 11.7. The molecule has 1 saturated heterocycles. The standard InChI is InChI=1S/C26H27FN6O2/c1-16-23-18(14-20(30-24(23)32-31-16)17-8-9-21(34)19(27)13-17)25(35)29-15-26(2,33-11-5-6-12-33)22-7-3-4-10-28-22/h3-4,7-10,13-14,34H,5-6,11-12,15H2,1-2H3,(H,29,35)(H,30,31,32). The number of pyridine rings is 2. The number of phenolic OH excluding ortho intramolecular Hbond substituents is 1. The van der Waals surface area contributed by atoms with Crippen LogP contribution in [0.1, 0.15) is 41.5 Å². The van der Waals surface area contributed by atoms with Crippen LogP contribution in [0.5, 0.6) is 5.75 Å². The zero-order valence-electron chi connectivity index (χ0n) is 19.7. The van der Waals surface area contributed by atoms with E-state index in [1.807, 2.05) is 18.2 Å². The number of amides is 1. The molecule has 0 saturated carbocycles. The first-order valence-corrected chi connectivity index (χ1v) is 11.7. The van der Waals surface area contributed by atoms with Crippen molar-refractivity contribution in [2.24, 2.45) is 0 Å². The average Bonchev–Trinajstić information content (AvgIpc) is 3.55. The number of H-pyrrole nitrogens is 1. The molecule has 1 fully saturated rings. The highest BCUT2D eigenvalue weighted by Crippen LogP contribution is 2.31. The minimum atomic E-state index is -0.757. The van der Waals surface area contributed by atoms with E-state index in [0.29, 0.717) is 40.1 Å². The molecule has 1 atom stereocenters. The van der Waals surface area contributed by atoms with Crippen molar-refractivity contribution in [1.82, 2.24) is 30.4 Å². The number of benzene rings is 1. The molecule has 9 heteroatoms. The third-order valence-electron chi connectivity index (χ3n) is 6.81. The van der Waals surface area contributed by atoms with E-state index in [4.69, 9.17) is 0 Å². The molecule has 1 aromatic carbocycles. The van der Waals surface area contributed by atoms with Gasteiger partial charge in [-0.1, -0.05) is 6.07 Å². The predicted molar refractivity (Wildman–Crippen MR) is 130 cm³/mol. The van der Waals surface area contributed by atoms with Crippen LogP contribution in [-0.4, -0.2) is 55.7 Å². The van der Waals surface area contributed by atoms with E-state index in [-0.39, 0.29) is 5.91 Å². The Balaban J connectivity index is 1.50. The lowest BCUT2D eigenvalue weighted by Gasteiger charge is -2.38. The SMILES string of the molecule is Cc1n[nH]c2nc(-c3ccc(O)c(F)c3)cc(C(=O)NCC(C)(c3ccccn3)N3CCCC3)c12. The molecule has 4 heterocycles. The van der Waals surface area contributed by atoms with E-state index in [2.05, 4.69) is 37.3 Å². The average molecular weight is 475 g/mol. The Labute approximate surface area is 202 Å². The summed E-state index contributed by atoms with van der Waals surface area (Å²) in [5.41, 5.74) is 2.76. The molecule has 35 heavy (non-hydrogen) atoms. The van der Waals surface area contributed by atoms with E-state index < -0.39 is 17.1 Å². The van der Waals surface area contributed by atoms with E-state index >= 15 is 0 Å². The van der Waals surface area contributed by atoms with Gasteiger partial charge in [0.2, 0.25) is 0 Å². The monoisotopic (exact) mass is 474 g/mol. The van der Waals surface area contributed by atoms with Gasteiger partial charge in [-0.05, 0) is 76.2 Å². The Morgan fingerprint density at radius 2 is 2.03 bits per heavy atom. The van der Waals surface area contributed by atoms with Crippen LogP contribution in [-0.2, 0) is 5.54 Å². The maximum atomic E-state index is 14.0. The van der Waals surface area contributed by atoms with E-state index in [0.717, 1.165) is 31.6 Å². The number of hydrogen-bond donors (Lipinski definition) is 3. The molecular weight excluding hydrogens is 447 g/mol. The van der Waals surface area contributed by atoms with Gasteiger partial charge in [0.05, 0.1) is 33.6 Å². The quantitative estimate of drug-likeness (QED) is 0.391. The molecule has 1 amide bonds. The van der Waals surface area contributed by atoms with Gasteiger partial charge in [0.25, 0.3) is 5.91 Å². The number of aromatic amines is 1. The summed E-state index contributed by atoms with van der Waals surface area (Å²) in [7, 11) is 0. The van der Waals surface area contributed by atoms with Gasteiger partial charge in [-0.15, -0.1) is 0 Å². The van der Waals surface area contributed by atoms with Crippen LogP contribution in [0.4, 0.5) is 4.39 Å². The summed E-state index contributed by atoms with van der Waals surface area (Å²) < 4.78 is 14.0. The van der Waals surface area contributed by atoms with E-state index in [1.165, 1.54) is 12.1 Å². The molecule has 1 aliphatic heterocycles. The number of halogens is 1. The molecule has 1 unspecified atom stereocenters. The summed E-state index contributed by atoms with van der Waals surface area (Å²) in [6, 6.07) is 11.5. The second-order valence-electron chi connectivity index (χ2n) is 9.12. The van der Waals surface area contributed by atoms with Gasteiger partial charge in [-0.25, -0.2) is 9.37 Å². The smallest absolute Gasteiger partial charge is 0.252 e. The van der Waals surface area contributed by atoms with Crippen LogP contribution >= 0.6 is 0 Å². The highest BCUT2D eigenvalue weighted by molar-refractivity contribution is 6.07. The van der Waals surface area contributed by atoms with Crippen LogP contribution in [0.25, 0.3) is 22.3 Å². The second kappa shape index (κ2) is 9.07. The summed E-state index contributed by atoms with van der Waals surface area (Å²) in [5, 5.41) is 20.4. The van der Waals surface area contributed by atoms with Gasteiger partial charge < -0.3 is 10.4 Å². The molecule has 8 nitrogen and oxygen atoms in total. The van der Waals surface area contributed by atoms with Gasteiger partial charge in [0.15, 0.2) is 17.2 Å². The van der Waals surface area contributed by atoms with Crippen LogP contribution in [0, 0.1) is 12.7 Å². The first kappa shape index (κ1) is 22.9. The fourth-order valence-corrected chi connectivity index (χ4v) is 4.78. The molecule has 3 aromatic heterocycles. The number of rotatable bonds is 6. The van der Waals surface area contributed by atoms with Crippen LogP contribution in [0.2, 0.25) is 0 Å². The molecule has 0 radical (unpaired) electrons. The minimum Gasteiger partial charge on any atom is -0.505 e. The Hall–Kier alpha value is -3.85. The fraction of sp³-hybridized carbons (Fsp3) is 0.308. The molecule has 5 rings (SSSR count). The maximum Gasteiger partial charge on any atom is 0.252 e. The molecule has 0 aliphatic carbocycles. The second-order valence-corrected chi connectivity index (χ2v) is 9.12. The van der Waals surface area contributed by atoms with Crippen molar-refractivity contribution in [3.63, 3.8) is 0 Å². The molecule has 0 bridgehead atoms. The van der Waals surface area contributed by atoms with Crippen molar-refractivity contribution in [3.05, 3.63) is 71.4 Å². The zero-order valence-corrected chi connectivity index (χ0v) is 19.7. The summed E-state index contributed by atoms with van der Waals surface area (Å²) >= 11 is 0. The van der Waals surface area contributed by atoms with Crippen LogP contribution in [0.3, 0.4) is 0 Å². The predicted octanol–water partition coefficient (Wildman–Crippen LogP) is 3.91. The number of aromatic hydroxyl groups is 1. The van der Waals surface area contributed by atoms with Gasteiger partial charge >= 0.3 is 0 Å². The van der Waals surface area contributed by atoms with Crippen molar-refractivity contribution in [2.75, 3.05) is 19.6 Å². The first-order chi connectivity index (χ1) is 16.9. The molecule has 180 valence electrons. The number of hydrogen-bond acceptors (Lipinski definition) is 6. The Morgan fingerprint density at radius 1 is 1.23 bits per heavy atom. The number of fused-ring (bicyclic) bond motifs is 1. The number of nitrogens with one attached hydrogen (secondary N) is 2. The molecule has 1 aliphatic rings. The van der Waals surface area contributed by atoms with Crippen molar-refractivity contribution in [1.29, 1.82) is 0 Å². The molecular formula is C26H27FN6O2. The third-order valence-corrected chi connectivity index (χ3v) is 6.81. The molecule has 4 aromatic rings. The largest absolute Gasteiger partial charge is 0.505 e. The van der Waals surface area contributed by atoms with Gasteiger partial charge in [0.1, 0.15) is 0 Å². The third kappa shape index (κ3) is 4.23. The normalized spacial score (nSPS) is 15.9. The lowest BCUT2D eigenvalue weighted by Crippen LogP contribution is -2.50. The highest BCUT2D eigenvalue weighted by atomic mass is 19.1. The summed E-state index contributed by atoms with van der Waals surface area (Å²) in [5.74, 6) is -1.47. The molecule has 3 N–H and O–H groups in total. The van der Waals surface area contributed by atoms with Crippen molar-refractivity contribution in [2.45, 2.75) is 32.2 Å². The van der Waals surface area contributed by atoms with E-state index in [1.54, 1.807) is 25.3 Å². The Bertz CT molecular complexity index is 1380. The van der Waals surface area contributed by atoms with Crippen molar-refractivity contribution < 1.29 is 14.3 Å².